The van der Waals surface area contributed by atoms with Crippen molar-refractivity contribution in [2.75, 3.05) is 0 Å². The van der Waals surface area contributed by atoms with Crippen LogP contribution in [0, 0.1) is 0 Å². The molecule has 0 spiro atoms. The minimum atomic E-state index is -0.570. The number of aliphatic hydroxyl groups is 1. The van der Waals surface area contributed by atoms with E-state index in [1.807, 2.05) is 13.8 Å². The van der Waals surface area contributed by atoms with Gasteiger partial charge in [0.2, 0.25) is 5.89 Å². The molecule has 0 aliphatic rings. The number of hydrogen-bond donors (Lipinski definition) is 1. The zero-order valence-electron chi connectivity index (χ0n) is 7.45. The molecule has 1 aromatic heterocycles. The van der Waals surface area contributed by atoms with Crippen LogP contribution in [0.2, 0.25) is 0 Å². The highest BCUT2D eigenvalue weighted by atomic mass is 16.5. The molecule has 1 aromatic rings. The SMILES string of the molecule is CCCC(O)c1noc(CC)n1. The van der Waals surface area contributed by atoms with Crippen molar-refractivity contribution < 1.29 is 9.63 Å². The van der Waals surface area contributed by atoms with E-state index in [2.05, 4.69) is 10.1 Å². The maximum Gasteiger partial charge on any atom is 0.226 e. The molecule has 4 nitrogen and oxygen atoms in total. The molecule has 0 amide bonds. The number of rotatable bonds is 4. The number of aromatic nitrogens is 2. The lowest BCUT2D eigenvalue weighted by atomic mass is 10.2. The van der Waals surface area contributed by atoms with E-state index in [0.29, 0.717) is 24.6 Å². The van der Waals surface area contributed by atoms with Gasteiger partial charge in [0.25, 0.3) is 0 Å². The second-order valence-electron chi connectivity index (χ2n) is 2.70. The summed E-state index contributed by atoms with van der Waals surface area (Å²) in [6, 6.07) is 0. The first-order valence-corrected chi connectivity index (χ1v) is 4.28. The summed E-state index contributed by atoms with van der Waals surface area (Å²) in [7, 11) is 0. The van der Waals surface area contributed by atoms with Crippen LogP contribution in [0.25, 0.3) is 0 Å². The van der Waals surface area contributed by atoms with Crippen LogP contribution in [0.1, 0.15) is 44.5 Å². The molecule has 1 atom stereocenters. The van der Waals surface area contributed by atoms with E-state index in [4.69, 9.17) is 4.52 Å². The number of nitrogens with zero attached hydrogens (tertiary/aromatic N) is 2. The lowest BCUT2D eigenvalue weighted by molar-refractivity contribution is 0.152. The molecule has 1 heterocycles. The zero-order valence-corrected chi connectivity index (χ0v) is 7.45. The first-order valence-electron chi connectivity index (χ1n) is 4.28. The Hall–Kier alpha value is -0.900. The fourth-order valence-corrected chi connectivity index (χ4v) is 0.950. The monoisotopic (exact) mass is 170 g/mol. The highest BCUT2D eigenvalue weighted by molar-refractivity contribution is 4.89. The number of hydrogen-bond acceptors (Lipinski definition) is 4. The Labute approximate surface area is 71.6 Å². The van der Waals surface area contributed by atoms with Crippen molar-refractivity contribution in [1.29, 1.82) is 0 Å². The van der Waals surface area contributed by atoms with Crippen LogP contribution in [-0.2, 0) is 6.42 Å². The van der Waals surface area contributed by atoms with E-state index >= 15 is 0 Å². The lowest BCUT2D eigenvalue weighted by Crippen LogP contribution is -1.99. The molecular formula is C8H14N2O2. The Balaban J connectivity index is 2.61. The van der Waals surface area contributed by atoms with Gasteiger partial charge in [-0.2, -0.15) is 4.98 Å². The molecule has 68 valence electrons. The van der Waals surface area contributed by atoms with E-state index in [0.717, 1.165) is 6.42 Å². The maximum atomic E-state index is 9.44. The first-order chi connectivity index (χ1) is 5.77. The fraction of sp³-hybridized carbons (Fsp3) is 0.750. The van der Waals surface area contributed by atoms with E-state index in [1.54, 1.807) is 0 Å². The third kappa shape index (κ3) is 2.04. The van der Waals surface area contributed by atoms with Gasteiger partial charge < -0.3 is 9.63 Å². The molecule has 0 bridgehead atoms. The summed E-state index contributed by atoms with van der Waals surface area (Å²) < 4.78 is 4.86. The van der Waals surface area contributed by atoms with Crippen LogP contribution in [-0.4, -0.2) is 15.2 Å². The molecule has 12 heavy (non-hydrogen) atoms. The predicted molar refractivity (Wildman–Crippen MR) is 43.5 cm³/mol. The zero-order chi connectivity index (χ0) is 8.97. The first kappa shape index (κ1) is 9.19. The minimum Gasteiger partial charge on any atom is -0.385 e. The maximum absolute atomic E-state index is 9.44. The third-order valence-electron chi connectivity index (χ3n) is 1.65. The summed E-state index contributed by atoms with van der Waals surface area (Å²) in [6.07, 6.45) is 1.74. The highest BCUT2D eigenvalue weighted by Crippen LogP contribution is 2.14. The van der Waals surface area contributed by atoms with Gasteiger partial charge in [-0.3, -0.25) is 0 Å². The Kier molecular flexibility index (Phi) is 3.22. The second-order valence-corrected chi connectivity index (χ2v) is 2.70. The van der Waals surface area contributed by atoms with Crippen LogP contribution in [0.3, 0.4) is 0 Å². The summed E-state index contributed by atoms with van der Waals surface area (Å²) in [4.78, 5) is 4.02. The molecule has 1 rings (SSSR count). The van der Waals surface area contributed by atoms with Gasteiger partial charge in [0.05, 0.1) is 0 Å². The van der Waals surface area contributed by atoms with Crippen molar-refractivity contribution in [2.45, 2.75) is 39.2 Å². The van der Waals surface area contributed by atoms with E-state index in [-0.39, 0.29) is 0 Å². The molecule has 0 aromatic carbocycles. The molecule has 0 aliphatic carbocycles. The van der Waals surface area contributed by atoms with Crippen LogP contribution < -0.4 is 0 Å². The van der Waals surface area contributed by atoms with Gasteiger partial charge in [0.1, 0.15) is 6.10 Å². The normalized spacial score (nSPS) is 13.2. The second kappa shape index (κ2) is 4.21. The van der Waals surface area contributed by atoms with Crippen molar-refractivity contribution in [2.24, 2.45) is 0 Å². The Morgan fingerprint density at radius 1 is 1.50 bits per heavy atom. The molecule has 0 saturated heterocycles. The van der Waals surface area contributed by atoms with E-state index < -0.39 is 6.10 Å². The Bertz CT molecular complexity index is 235. The average molecular weight is 170 g/mol. The van der Waals surface area contributed by atoms with Crippen molar-refractivity contribution >= 4 is 0 Å². The van der Waals surface area contributed by atoms with Crippen LogP contribution >= 0.6 is 0 Å². The fourth-order valence-electron chi connectivity index (χ4n) is 0.950. The van der Waals surface area contributed by atoms with E-state index in [1.165, 1.54) is 0 Å². The number of aryl methyl sites for hydroxylation is 1. The molecule has 0 saturated carbocycles. The Morgan fingerprint density at radius 3 is 2.75 bits per heavy atom. The number of aliphatic hydroxyl groups excluding tert-OH is 1. The van der Waals surface area contributed by atoms with Crippen molar-refractivity contribution in [3.05, 3.63) is 11.7 Å². The van der Waals surface area contributed by atoms with Gasteiger partial charge in [-0.25, -0.2) is 0 Å². The molecule has 1 N–H and O–H groups in total. The molecule has 0 aliphatic heterocycles. The van der Waals surface area contributed by atoms with Crippen molar-refractivity contribution in [3.8, 4) is 0 Å². The van der Waals surface area contributed by atoms with Gasteiger partial charge in [0, 0.05) is 6.42 Å². The van der Waals surface area contributed by atoms with Gasteiger partial charge in [-0.15, -0.1) is 0 Å². The quantitative estimate of drug-likeness (QED) is 0.743. The predicted octanol–water partition coefficient (Wildman–Crippen LogP) is 1.47. The van der Waals surface area contributed by atoms with Crippen LogP contribution in [0.15, 0.2) is 4.52 Å². The van der Waals surface area contributed by atoms with Gasteiger partial charge in [-0.05, 0) is 6.42 Å². The van der Waals surface area contributed by atoms with Gasteiger partial charge in [0.15, 0.2) is 5.82 Å². The van der Waals surface area contributed by atoms with Crippen LogP contribution in [0.5, 0.6) is 0 Å². The molecule has 0 fully saturated rings. The minimum absolute atomic E-state index is 0.411. The van der Waals surface area contributed by atoms with Crippen molar-refractivity contribution in [3.63, 3.8) is 0 Å². The average Bonchev–Trinajstić information content (AvgIpc) is 2.52. The summed E-state index contributed by atoms with van der Waals surface area (Å²) >= 11 is 0. The smallest absolute Gasteiger partial charge is 0.226 e. The van der Waals surface area contributed by atoms with Crippen molar-refractivity contribution in [1.82, 2.24) is 10.1 Å². The van der Waals surface area contributed by atoms with Gasteiger partial charge >= 0.3 is 0 Å². The van der Waals surface area contributed by atoms with E-state index in [9.17, 15) is 5.11 Å². The summed E-state index contributed by atoms with van der Waals surface area (Å²) in [5, 5.41) is 13.1. The molecular weight excluding hydrogens is 156 g/mol. The molecule has 1 unspecified atom stereocenters. The van der Waals surface area contributed by atoms with Crippen LogP contribution in [0.4, 0.5) is 0 Å². The highest BCUT2D eigenvalue weighted by Gasteiger charge is 2.13. The third-order valence-corrected chi connectivity index (χ3v) is 1.65. The topological polar surface area (TPSA) is 59.2 Å². The molecule has 0 radical (unpaired) electrons. The summed E-state index contributed by atoms with van der Waals surface area (Å²) in [5.74, 6) is 0.994. The largest absolute Gasteiger partial charge is 0.385 e. The summed E-state index contributed by atoms with van der Waals surface area (Å²) in [6.45, 7) is 3.94. The van der Waals surface area contributed by atoms with Gasteiger partial charge in [-0.1, -0.05) is 25.4 Å². The summed E-state index contributed by atoms with van der Waals surface area (Å²) in [5.41, 5.74) is 0. The molecule has 4 heteroatoms. The standard InChI is InChI=1S/C8H14N2O2/c1-3-5-6(11)8-9-7(4-2)12-10-8/h6,11H,3-5H2,1-2H3. The Morgan fingerprint density at radius 2 is 2.25 bits per heavy atom. The lowest BCUT2D eigenvalue weighted by Gasteiger charge is -2.00.